The minimum atomic E-state index is 0. The summed E-state index contributed by atoms with van der Waals surface area (Å²) in [5.74, 6) is 0. The standard InChI is InChI=1S/6C6H10N2.Mn/c6*1-2-4-8-5-3-7-6-8;/h6*3,5-6H,2,4H2,1H3;. The van der Waals surface area contributed by atoms with Gasteiger partial charge in [0.15, 0.2) is 0 Å². The van der Waals surface area contributed by atoms with Crippen molar-refractivity contribution in [1.29, 1.82) is 0 Å². The molecule has 49 heavy (non-hydrogen) atoms. The van der Waals surface area contributed by atoms with Crippen LogP contribution in [0.5, 0.6) is 0 Å². The first-order valence-corrected chi connectivity index (χ1v) is 17.3. The van der Waals surface area contributed by atoms with Crippen molar-refractivity contribution in [3.05, 3.63) is 112 Å². The van der Waals surface area contributed by atoms with Gasteiger partial charge in [-0.2, -0.15) is 0 Å². The number of hydrogen-bond acceptors (Lipinski definition) is 6. The summed E-state index contributed by atoms with van der Waals surface area (Å²) in [5, 5.41) is 0. The third-order valence-electron chi connectivity index (χ3n) is 6.25. The quantitative estimate of drug-likeness (QED) is 0.120. The van der Waals surface area contributed by atoms with Crippen molar-refractivity contribution in [2.45, 2.75) is 119 Å². The van der Waals surface area contributed by atoms with Crippen molar-refractivity contribution in [3.63, 3.8) is 0 Å². The molecule has 12 nitrogen and oxygen atoms in total. The fourth-order valence-corrected chi connectivity index (χ4v) is 4.06. The van der Waals surface area contributed by atoms with Gasteiger partial charge in [0, 0.05) is 131 Å². The molecule has 0 atom stereocenters. The van der Waals surface area contributed by atoms with Gasteiger partial charge in [0.1, 0.15) is 0 Å². The normalized spacial score (nSPS) is 9.43. The first-order chi connectivity index (χ1) is 23.6. The molecule has 6 rings (SSSR count). The summed E-state index contributed by atoms with van der Waals surface area (Å²) in [7, 11) is 0. The average molecular weight is 716 g/mol. The Labute approximate surface area is 305 Å². The van der Waals surface area contributed by atoms with Crippen LogP contribution in [0.4, 0.5) is 0 Å². The molecule has 0 spiro atoms. The van der Waals surface area contributed by atoms with E-state index in [1.165, 1.54) is 38.5 Å². The van der Waals surface area contributed by atoms with Gasteiger partial charge in [-0.25, -0.2) is 29.9 Å². The van der Waals surface area contributed by atoms with Gasteiger partial charge >= 0.3 is 0 Å². The first kappa shape index (κ1) is 44.8. The molecule has 0 aliphatic rings. The summed E-state index contributed by atoms with van der Waals surface area (Å²) >= 11 is 0. The molecule has 0 aliphatic carbocycles. The Morgan fingerprint density at radius 1 is 0.286 bits per heavy atom. The van der Waals surface area contributed by atoms with E-state index in [1.807, 2.05) is 75.1 Å². The zero-order valence-corrected chi connectivity index (χ0v) is 31.8. The van der Waals surface area contributed by atoms with E-state index in [-0.39, 0.29) is 17.1 Å². The largest absolute Gasteiger partial charge is 0.338 e. The van der Waals surface area contributed by atoms with Crippen LogP contribution in [0.2, 0.25) is 0 Å². The summed E-state index contributed by atoms with van der Waals surface area (Å²) < 4.78 is 12.4. The minimum Gasteiger partial charge on any atom is -0.338 e. The topological polar surface area (TPSA) is 107 Å². The third kappa shape index (κ3) is 24.6. The van der Waals surface area contributed by atoms with Gasteiger partial charge in [-0.05, 0) is 38.5 Å². The Balaban J connectivity index is 0.000000562. The van der Waals surface area contributed by atoms with E-state index >= 15 is 0 Å². The van der Waals surface area contributed by atoms with E-state index in [2.05, 4.69) is 98.8 Å². The first-order valence-electron chi connectivity index (χ1n) is 17.3. The molecule has 13 heteroatoms. The average Bonchev–Trinajstić information content (AvgIpc) is 3.93. The van der Waals surface area contributed by atoms with E-state index in [0.717, 1.165) is 39.3 Å². The van der Waals surface area contributed by atoms with Crippen LogP contribution in [0.15, 0.2) is 112 Å². The number of imidazole rings is 6. The van der Waals surface area contributed by atoms with E-state index < -0.39 is 0 Å². The number of rotatable bonds is 12. The molecule has 0 saturated heterocycles. The number of aryl methyl sites for hydroxylation is 6. The van der Waals surface area contributed by atoms with Gasteiger partial charge in [-0.1, -0.05) is 41.5 Å². The molecule has 0 aliphatic heterocycles. The Kier molecular flexibility index (Phi) is 29.5. The Hall–Kier alpha value is -4.22. The second-order valence-electron chi connectivity index (χ2n) is 10.8. The molecule has 1 radical (unpaired) electrons. The van der Waals surface area contributed by atoms with Crippen molar-refractivity contribution in [2.75, 3.05) is 0 Å². The summed E-state index contributed by atoms with van der Waals surface area (Å²) in [6.07, 6.45) is 40.7. The third-order valence-corrected chi connectivity index (χ3v) is 6.25. The molecule has 0 saturated carbocycles. The van der Waals surface area contributed by atoms with Crippen LogP contribution in [0.25, 0.3) is 0 Å². The van der Waals surface area contributed by atoms with Crippen LogP contribution < -0.4 is 0 Å². The predicted octanol–water partition coefficient (Wildman–Crippen LogP) is 7.76. The van der Waals surface area contributed by atoms with Crippen molar-refractivity contribution >= 4 is 0 Å². The summed E-state index contributed by atoms with van der Waals surface area (Å²) in [4.78, 5) is 23.4. The molecule has 0 N–H and O–H groups in total. The number of nitrogens with zero attached hydrogens (tertiary/aromatic N) is 12. The number of hydrogen-bond donors (Lipinski definition) is 0. The fraction of sp³-hybridized carbons (Fsp3) is 0.500. The van der Waals surface area contributed by atoms with E-state index in [4.69, 9.17) is 0 Å². The molecule has 0 amide bonds. The Morgan fingerprint density at radius 3 is 0.510 bits per heavy atom. The van der Waals surface area contributed by atoms with Crippen LogP contribution in [0, 0.1) is 0 Å². The van der Waals surface area contributed by atoms with E-state index in [9.17, 15) is 0 Å². The molecule has 0 bridgehead atoms. The SMILES string of the molecule is CCCn1ccnc1.CCCn1ccnc1.CCCn1ccnc1.CCCn1ccnc1.CCCn1ccnc1.CCCn1ccnc1.[Mn]. The molecule has 271 valence electrons. The van der Waals surface area contributed by atoms with Crippen LogP contribution in [0.3, 0.4) is 0 Å². The van der Waals surface area contributed by atoms with E-state index in [0.29, 0.717) is 0 Å². The van der Waals surface area contributed by atoms with Crippen LogP contribution >= 0.6 is 0 Å². The molecule has 0 unspecified atom stereocenters. The predicted molar refractivity (Wildman–Crippen MR) is 195 cm³/mol. The van der Waals surface area contributed by atoms with Crippen LogP contribution in [0.1, 0.15) is 80.1 Å². The second-order valence-corrected chi connectivity index (χ2v) is 10.8. The van der Waals surface area contributed by atoms with Crippen molar-refractivity contribution in [2.24, 2.45) is 0 Å². The van der Waals surface area contributed by atoms with Gasteiger partial charge in [-0.3, -0.25) is 0 Å². The maximum atomic E-state index is 3.90. The van der Waals surface area contributed by atoms with Gasteiger partial charge in [0.25, 0.3) is 0 Å². The molecule has 6 aromatic rings. The molecular formula is C36H60MnN12. The van der Waals surface area contributed by atoms with E-state index in [1.54, 1.807) is 37.2 Å². The van der Waals surface area contributed by atoms with Gasteiger partial charge < -0.3 is 27.4 Å². The van der Waals surface area contributed by atoms with Crippen molar-refractivity contribution < 1.29 is 17.1 Å². The Morgan fingerprint density at radius 2 is 0.429 bits per heavy atom. The zero-order valence-electron chi connectivity index (χ0n) is 30.6. The summed E-state index contributed by atoms with van der Waals surface area (Å²) in [6.45, 7) is 19.4. The molecular weight excluding hydrogens is 655 g/mol. The summed E-state index contributed by atoms with van der Waals surface area (Å²) in [6, 6.07) is 0. The van der Waals surface area contributed by atoms with Crippen LogP contribution in [-0.2, 0) is 56.3 Å². The molecule has 6 aromatic heterocycles. The van der Waals surface area contributed by atoms with Gasteiger partial charge in [0.05, 0.1) is 38.0 Å². The second kappa shape index (κ2) is 32.3. The summed E-state index contributed by atoms with van der Waals surface area (Å²) in [5.41, 5.74) is 0. The minimum absolute atomic E-state index is 0. The van der Waals surface area contributed by atoms with Crippen molar-refractivity contribution in [3.8, 4) is 0 Å². The van der Waals surface area contributed by atoms with Gasteiger partial charge in [0.2, 0.25) is 0 Å². The molecule has 0 aromatic carbocycles. The molecule has 0 fully saturated rings. The fourth-order valence-electron chi connectivity index (χ4n) is 4.06. The monoisotopic (exact) mass is 715 g/mol. The maximum Gasteiger partial charge on any atom is 0.0945 e. The smallest absolute Gasteiger partial charge is 0.0945 e. The Bertz CT molecular complexity index is 1080. The number of aromatic nitrogens is 12. The molecule has 6 heterocycles. The van der Waals surface area contributed by atoms with Crippen LogP contribution in [-0.4, -0.2) is 57.3 Å². The van der Waals surface area contributed by atoms with Crippen molar-refractivity contribution in [1.82, 2.24) is 57.3 Å². The maximum absolute atomic E-state index is 3.90. The van der Waals surface area contributed by atoms with Gasteiger partial charge in [-0.15, -0.1) is 0 Å². The zero-order chi connectivity index (χ0) is 34.9.